The lowest BCUT2D eigenvalue weighted by atomic mass is 10.2. The molecule has 0 aliphatic rings. The molecule has 0 saturated heterocycles. The maximum atomic E-state index is 11.4. The van der Waals surface area contributed by atoms with Gasteiger partial charge in [0, 0.05) is 17.5 Å². The Bertz CT molecular complexity index is 429. The van der Waals surface area contributed by atoms with Crippen LogP contribution in [0.1, 0.15) is 36.5 Å². The summed E-state index contributed by atoms with van der Waals surface area (Å²) in [7, 11) is 0. The number of benzene rings is 1. The van der Waals surface area contributed by atoms with Crippen molar-refractivity contribution in [2.45, 2.75) is 26.2 Å². The van der Waals surface area contributed by atoms with E-state index in [-0.39, 0.29) is 17.7 Å². The predicted molar refractivity (Wildman–Crippen MR) is 63.6 cm³/mol. The van der Waals surface area contributed by atoms with Crippen molar-refractivity contribution in [3.05, 3.63) is 28.8 Å². The molecular weight excluding hydrogens is 244 g/mol. The summed E-state index contributed by atoms with van der Waals surface area (Å²) in [5.74, 6) is -1.61. The van der Waals surface area contributed by atoms with E-state index in [0.29, 0.717) is 11.4 Å². The van der Waals surface area contributed by atoms with E-state index in [1.165, 1.54) is 18.2 Å². The number of carboxylic acids is 1. The number of hydrogen-bond acceptors (Lipinski definition) is 3. The van der Waals surface area contributed by atoms with Crippen LogP contribution in [0.3, 0.4) is 0 Å². The average molecular weight is 257 g/mol. The Balaban J connectivity index is 2.85. The van der Waals surface area contributed by atoms with Gasteiger partial charge in [-0.15, -0.1) is 0 Å². The van der Waals surface area contributed by atoms with Crippen LogP contribution in [-0.2, 0) is 4.79 Å². The van der Waals surface area contributed by atoms with E-state index >= 15 is 0 Å². The van der Waals surface area contributed by atoms with Crippen molar-refractivity contribution in [1.29, 1.82) is 0 Å². The van der Waals surface area contributed by atoms with Crippen LogP contribution in [0.2, 0.25) is 5.02 Å². The van der Waals surface area contributed by atoms with Crippen molar-refractivity contribution >= 4 is 23.5 Å². The lowest BCUT2D eigenvalue weighted by Crippen LogP contribution is -2.10. The maximum absolute atomic E-state index is 11.4. The molecule has 0 aliphatic heterocycles. The Labute approximate surface area is 104 Å². The first kappa shape index (κ1) is 13.5. The number of rotatable bonds is 5. The van der Waals surface area contributed by atoms with Crippen molar-refractivity contribution < 1.29 is 19.4 Å². The second kappa shape index (κ2) is 6.25. The largest absolute Gasteiger partial charge is 0.478 e. The summed E-state index contributed by atoms with van der Waals surface area (Å²) in [6, 6.07) is 4.08. The van der Waals surface area contributed by atoms with Gasteiger partial charge in [0.05, 0.1) is 0 Å². The van der Waals surface area contributed by atoms with Crippen LogP contribution in [0.5, 0.6) is 5.75 Å². The smallest absolute Gasteiger partial charge is 0.339 e. The number of aromatic carboxylic acids is 1. The number of carbonyl (C=O) groups excluding carboxylic acids is 1. The molecule has 1 aromatic rings. The topological polar surface area (TPSA) is 63.6 Å². The lowest BCUT2D eigenvalue weighted by molar-refractivity contribution is -0.134. The second-order valence-corrected chi connectivity index (χ2v) is 3.96. The number of ether oxygens (including phenoxy) is 1. The summed E-state index contributed by atoms with van der Waals surface area (Å²) in [5, 5.41) is 9.24. The van der Waals surface area contributed by atoms with Crippen molar-refractivity contribution in [1.82, 2.24) is 0 Å². The van der Waals surface area contributed by atoms with Gasteiger partial charge in [0.2, 0.25) is 0 Å². The molecule has 0 fully saturated rings. The highest BCUT2D eigenvalue weighted by molar-refractivity contribution is 6.30. The fraction of sp³-hybridized carbons (Fsp3) is 0.333. The summed E-state index contributed by atoms with van der Waals surface area (Å²) in [5.41, 5.74) is -0.0701. The molecule has 0 saturated carbocycles. The van der Waals surface area contributed by atoms with Crippen LogP contribution in [0.15, 0.2) is 18.2 Å². The van der Waals surface area contributed by atoms with Crippen LogP contribution >= 0.6 is 11.6 Å². The molecule has 92 valence electrons. The van der Waals surface area contributed by atoms with Crippen molar-refractivity contribution in [2.75, 3.05) is 0 Å². The zero-order chi connectivity index (χ0) is 12.8. The molecule has 0 aromatic heterocycles. The summed E-state index contributed by atoms with van der Waals surface area (Å²) >= 11 is 5.73. The molecule has 0 amide bonds. The zero-order valence-corrected chi connectivity index (χ0v) is 10.2. The van der Waals surface area contributed by atoms with E-state index in [9.17, 15) is 9.59 Å². The number of carboxylic acid groups (broad SMARTS) is 1. The van der Waals surface area contributed by atoms with E-state index < -0.39 is 11.9 Å². The fourth-order valence-electron chi connectivity index (χ4n) is 1.25. The molecule has 4 nitrogen and oxygen atoms in total. The number of esters is 1. The van der Waals surface area contributed by atoms with Gasteiger partial charge < -0.3 is 9.84 Å². The molecule has 1 rings (SSSR count). The van der Waals surface area contributed by atoms with Gasteiger partial charge in [-0.1, -0.05) is 24.9 Å². The molecule has 5 heteroatoms. The highest BCUT2D eigenvalue weighted by atomic mass is 35.5. The Morgan fingerprint density at radius 2 is 2.12 bits per heavy atom. The van der Waals surface area contributed by atoms with Gasteiger partial charge in [0.15, 0.2) is 0 Å². The molecule has 0 atom stereocenters. The predicted octanol–water partition coefficient (Wildman–Crippen LogP) is 3.13. The van der Waals surface area contributed by atoms with Gasteiger partial charge in [0.1, 0.15) is 11.3 Å². The van der Waals surface area contributed by atoms with Gasteiger partial charge >= 0.3 is 11.9 Å². The average Bonchev–Trinajstić information content (AvgIpc) is 2.26. The Kier molecular flexibility index (Phi) is 4.97. The first-order valence-electron chi connectivity index (χ1n) is 5.28. The van der Waals surface area contributed by atoms with Crippen LogP contribution in [0.4, 0.5) is 0 Å². The third-order valence-electron chi connectivity index (χ3n) is 2.13. The molecule has 1 aromatic carbocycles. The maximum Gasteiger partial charge on any atom is 0.339 e. The van der Waals surface area contributed by atoms with Gasteiger partial charge in [-0.05, 0) is 18.6 Å². The van der Waals surface area contributed by atoms with E-state index in [0.717, 1.165) is 6.42 Å². The monoisotopic (exact) mass is 256 g/mol. The van der Waals surface area contributed by atoms with E-state index in [1.54, 1.807) is 0 Å². The van der Waals surface area contributed by atoms with Crippen molar-refractivity contribution in [2.24, 2.45) is 0 Å². The molecule has 0 bridgehead atoms. The SMILES string of the molecule is CCCCC(=O)Oc1cc(Cl)ccc1C(=O)O. The van der Waals surface area contributed by atoms with Crippen LogP contribution in [0, 0.1) is 0 Å². The van der Waals surface area contributed by atoms with Gasteiger partial charge in [0.25, 0.3) is 0 Å². The minimum Gasteiger partial charge on any atom is -0.478 e. The number of halogens is 1. The number of carbonyl (C=O) groups is 2. The van der Waals surface area contributed by atoms with E-state index in [1.807, 2.05) is 6.92 Å². The Morgan fingerprint density at radius 3 is 2.71 bits per heavy atom. The van der Waals surface area contributed by atoms with Gasteiger partial charge in [-0.25, -0.2) is 4.79 Å². The summed E-state index contributed by atoms with van der Waals surface area (Å²) < 4.78 is 4.99. The number of unbranched alkanes of at least 4 members (excludes halogenated alkanes) is 1. The van der Waals surface area contributed by atoms with E-state index in [4.69, 9.17) is 21.4 Å². The van der Waals surface area contributed by atoms with Crippen LogP contribution in [-0.4, -0.2) is 17.0 Å². The molecule has 1 N–H and O–H groups in total. The summed E-state index contributed by atoms with van der Waals surface area (Å²) in [6.45, 7) is 1.95. The standard InChI is InChI=1S/C12H13ClO4/c1-2-3-4-11(14)17-10-7-8(13)5-6-9(10)12(15)16/h5-7H,2-4H2,1H3,(H,15,16). The first-order chi connectivity index (χ1) is 8.04. The molecule has 0 spiro atoms. The molecule has 0 aliphatic carbocycles. The molecule has 0 heterocycles. The van der Waals surface area contributed by atoms with Crippen LogP contribution in [0.25, 0.3) is 0 Å². The lowest BCUT2D eigenvalue weighted by Gasteiger charge is -2.07. The molecule has 17 heavy (non-hydrogen) atoms. The normalized spacial score (nSPS) is 10.0. The van der Waals surface area contributed by atoms with E-state index in [2.05, 4.69) is 0 Å². The summed E-state index contributed by atoms with van der Waals surface area (Å²) in [4.78, 5) is 22.3. The quantitative estimate of drug-likeness (QED) is 0.649. The van der Waals surface area contributed by atoms with Gasteiger partial charge in [-0.3, -0.25) is 4.79 Å². The first-order valence-corrected chi connectivity index (χ1v) is 5.66. The second-order valence-electron chi connectivity index (χ2n) is 3.52. The third-order valence-corrected chi connectivity index (χ3v) is 2.37. The number of hydrogen-bond donors (Lipinski definition) is 1. The highest BCUT2D eigenvalue weighted by Gasteiger charge is 2.14. The van der Waals surface area contributed by atoms with Crippen molar-refractivity contribution in [3.8, 4) is 5.75 Å². The minimum atomic E-state index is -1.15. The van der Waals surface area contributed by atoms with Crippen molar-refractivity contribution in [3.63, 3.8) is 0 Å². The Hall–Kier alpha value is -1.55. The Morgan fingerprint density at radius 1 is 1.41 bits per heavy atom. The molecular formula is C12H13ClO4. The minimum absolute atomic E-state index is 0.00824. The summed E-state index contributed by atoms with van der Waals surface area (Å²) in [6.07, 6.45) is 1.85. The molecule has 0 unspecified atom stereocenters. The fourth-order valence-corrected chi connectivity index (χ4v) is 1.41. The highest BCUT2D eigenvalue weighted by Crippen LogP contribution is 2.24. The molecule has 0 radical (unpaired) electrons. The zero-order valence-electron chi connectivity index (χ0n) is 9.40. The third kappa shape index (κ3) is 4.07. The van der Waals surface area contributed by atoms with Crippen LogP contribution < -0.4 is 4.74 Å². The van der Waals surface area contributed by atoms with Gasteiger partial charge in [-0.2, -0.15) is 0 Å².